The number of ether oxygens (including phenoxy) is 1. The second kappa shape index (κ2) is 5.86. The number of carbonyl (C=O) groups excluding carboxylic acids is 1. The zero-order valence-corrected chi connectivity index (χ0v) is 14.1. The maximum atomic E-state index is 12.3. The Morgan fingerprint density at radius 3 is 2.70 bits per heavy atom. The van der Waals surface area contributed by atoms with E-state index in [2.05, 4.69) is 35.1 Å². The summed E-state index contributed by atoms with van der Waals surface area (Å²) < 4.78 is 6.62. The average Bonchev–Trinajstić information content (AvgIpc) is 2.36. The van der Waals surface area contributed by atoms with Gasteiger partial charge in [0, 0.05) is 28.1 Å². The summed E-state index contributed by atoms with van der Waals surface area (Å²) in [5.74, 6) is -0.0116. The first kappa shape index (κ1) is 15.5. The van der Waals surface area contributed by atoms with Gasteiger partial charge in [-0.15, -0.1) is 0 Å². The van der Waals surface area contributed by atoms with Gasteiger partial charge in [0.25, 0.3) is 5.91 Å². The smallest absolute Gasteiger partial charge is 0.251 e. The molecule has 1 saturated carbocycles. The van der Waals surface area contributed by atoms with Crippen molar-refractivity contribution in [2.75, 3.05) is 6.61 Å². The Hall–Kier alpha value is -0.870. The summed E-state index contributed by atoms with van der Waals surface area (Å²) in [7, 11) is 0. The lowest BCUT2D eigenvalue weighted by Crippen LogP contribution is -2.62. The molecule has 2 unspecified atom stereocenters. The third kappa shape index (κ3) is 3.07. The Balaban J connectivity index is 2.02. The second-order valence-electron chi connectivity index (χ2n) is 6.04. The summed E-state index contributed by atoms with van der Waals surface area (Å²) in [6.45, 7) is 9.01. The van der Waals surface area contributed by atoms with Crippen molar-refractivity contribution >= 4 is 21.8 Å². The number of hydrogen-bond acceptors (Lipinski definition) is 2. The van der Waals surface area contributed by atoms with Crippen LogP contribution in [0.4, 0.5) is 0 Å². The number of carbonyl (C=O) groups is 1. The van der Waals surface area contributed by atoms with E-state index in [1.807, 2.05) is 32.0 Å². The van der Waals surface area contributed by atoms with Crippen molar-refractivity contribution in [2.24, 2.45) is 5.41 Å². The van der Waals surface area contributed by atoms with Crippen LogP contribution in [-0.4, -0.2) is 24.7 Å². The Kier molecular flexibility index (Phi) is 4.55. The van der Waals surface area contributed by atoms with Crippen LogP contribution in [-0.2, 0) is 4.74 Å². The minimum Gasteiger partial charge on any atom is -0.378 e. The van der Waals surface area contributed by atoms with Gasteiger partial charge in [0.1, 0.15) is 0 Å². The molecule has 1 aromatic rings. The molecular formula is C16H22BrNO2. The quantitative estimate of drug-likeness (QED) is 0.908. The van der Waals surface area contributed by atoms with E-state index in [1.54, 1.807) is 0 Å². The van der Waals surface area contributed by atoms with Crippen LogP contribution < -0.4 is 5.32 Å². The van der Waals surface area contributed by atoms with Gasteiger partial charge in [0.2, 0.25) is 0 Å². The number of hydrogen-bond donors (Lipinski definition) is 1. The molecule has 0 heterocycles. The fourth-order valence-corrected chi connectivity index (χ4v) is 3.33. The van der Waals surface area contributed by atoms with E-state index in [0.29, 0.717) is 5.56 Å². The summed E-state index contributed by atoms with van der Waals surface area (Å²) in [5.41, 5.74) is 1.77. The second-order valence-corrected chi connectivity index (χ2v) is 6.96. The van der Waals surface area contributed by atoms with Crippen molar-refractivity contribution < 1.29 is 9.53 Å². The van der Waals surface area contributed by atoms with Crippen LogP contribution >= 0.6 is 15.9 Å². The number of halogens is 1. The van der Waals surface area contributed by atoms with Gasteiger partial charge in [-0.05, 0) is 44.0 Å². The van der Waals surface area contributed by atoms with Gasteiger partial charge >= 0.3 is 0 Å². The largest absolute Gasteiger partial charge is 0.378 e. The highest BCUT2D eigenvalue weighted by Gasteiger charge is 2.49. The summed E-state index contributed by atoms with van der Waals surface area (Å²) in [5, 5.41) is 3.13. The van der Waals surface area contributed by atoms with E-state index in [-0.39, 0.29) is 23.5 Å². The van der Waals surface area contributed by atoms with Crippen molar-refractivity contribution in [3.8, 4) is 0 Å². The minimum atomic E-state index is -0.0116. The molecule has 2 rings (SSSR count). The molecule has 1 fully saturated rings. The van der Waals surface area contributed by atoms with Crippen LogP contribution in [0.1, 0.15) is 43.1 Å². The predicted octanol–water partition coefficient (Wildman–Crippen LogP) is 3.69. The van der Waals surface area contributed by atoms with Gasteiger partial charge in [-0.25, -0.2) is 0 Å². The number of nitrogens with one attached hydrogen (secondary N) is 1. The summed E-state index contributed by atoms with van der Waals surface area (Å²) in [6.07, 6.45) is 1.13. The van der Waals surface area contributed by atoms with Crippen LogP contribution in [0.3, 0.4) is 0 Å². The monoisotopic (exact) mass is 339 g/mol. The molecule has 0 bridgehead atoms. The van der Waals surface area contributed by atoms with E-state index < -0.39 is 0 Å². The molecule has 1 aromatic carbocycles. The van der Waals surface area contributed by atoms with Gasteiger partial charge in [0.15, 0.2) is 0 Å². The van der Waals surface area contributed by atoms with E-state index in [0.717, 1.165) is 23.1 Å². The molecule has 1 N–H and O–H groups in total. The van der Waals surface area contributed by atoms with E-state index in [4.69, 9.17) is 4.74 Å². The fraction of sp³-hybridized carbons (Fsp3) is 0.562. The molecule has 0 saturated heterocycles. The van der Waals surface area contributed by atoms with E-state index >= 15 is 0 Å². The first-order valence-corrected chi connectivity index (χ1v) is 7.83. The fourth-order valence-electron chi connectivity index (χ4n) is 2.72. The first-order valence-electron chi connectivity index (χ1n) is 7.04. The van der Waals surface area contributed by atoms with Crippen molar-refractivity contribution in [1.29, 1.82) is 0 Å². The Morgan fingerprint density at radius 2 is 2.15 bits per heavy atom. The molecule has 20 heavy (non-hydrogen) atoms. The normalized spacial score (nSPS) is 24.1. The van der Waals surface area contributed by atoms with Crippen LogP contribution in [0.2, 0.25) is 0 Å². The Labute approximate surface area is 129 Å². The maximum absolute atomic E-state index is 12.3. The predicted molar refractivity (Wildman–Crippen MR) is 83.9 cm³/mol. The Bertz CT molecular complexity index is 493. The number of benzene rings is 1. The van der Waals surface area contributed by atoms with Gasteiger partial charge in [-0.3, -0.25) is 4.79 Å². The van der Waals surface area contributed by atoms with Crippen molar-refractivity contribution in [1.82, 2.24) is 5.32 Å². The highest BCUT2D eigenvalue weighted by Crippen LogP contribution is 2.42. The summed E-state index contributed by atoms with van der Waals surface area (Å²) in [6, 6.07) is 5.93. The molecule has 2 atom stereocenters. The first-order chi connectivity index (χ1) is 9.34. The van der Waals surface area contributed by atoms with Crippen molar-refractivity contribution in [2.45, 2.75) is 46.3 Å². The molecule has 1 aliphatic rings. The van der Waals surface area contributed by atoms with Crippen molar-refractivity contribution in [3.63, 3.8) is 0 Å². The van der Waals surface area contributed by atoms with Gasteiger partial charge in [-0.2, -0.15) is 0 Å². The minimum absolute atomic E-state index is 0.00722. The standard InChI is InChI=1S/C16H22BrNO2/c1-5-20-14-9-13(16(14,3)4)18-15(19)11-6-10(2)7-12(17)8-11/h6-8,13-14H,5,9H2,1-4H3,(H,18,19). The van der Waals surface area contributed by atoms with Crippen LogP contribution in [0.25, 0.3) is 0 Å². The lowest BCUT2D eigenvalue weighted by atomic mass is 9.64. The van der Waals surface area contributed by atoms with Crippen LogP contribution in [0.15, 0.2) is 22.7 Å². The molecule has 3 nitrogen and oxygen atoms in total. The third-order valence-electron chi connectivity index (χ3n) is 4.16. The molecule has 4 heteroatoms. The van der Waals surface area contributed by atoms with Gasteiger partial charge < -0.3 is 10.1 Å². The summed E-state index contributed by atoms with van der Waals surface area (Å²) >= 11 is 3.43. The maximum Gasteiger partial charge on any atom is 0.251 e. The van der Waals surface area contributed by atoms with Crippen LogP contribution in [0, 0.1) is 12.3 Å². The lowest BCUT2D eigenvalue weighted by Gasteiger charge is -2.51. The highest BCUT2D eigenvalue weighted by molar-refractivity contribution is 9.10. The van der Waals surface area contributed by atoms with Crippen molar-refractivity contribution in [3.05, 3.63) is 33.8 Å². The average molecular weight is 340 g/mol. The molecular weight excluding hydrogens is 318 g/mol. The number of rotatable bonds is 4. The molecule has 1 amide bonds. The highest BCUT2D eigenvalue weighted by atomic mass is 79.9. The molecule has 1 aliphatic carbocycles. The zero-order valence-electron chi connectivity index (χ0n) is 12.5. The van der Waals surface area contributed by atoms with E-state index in [9.17, 15) is 4.79 Å². The molecule has 0 spiro atoms. The molecule has 0 aromatic heterocycles. The zero-order chi connectivity index (χ0) is 14.9. The Morgan fingerprint density at radius 1 is 1.45 bits per heavy atom. The number of amides is 1. The summed E-state index contributed by atoms with van der Waals surface area (Å²) in [4.78, 5) is 12.3. The molecule has 0 aliphatic heterocycles. The molecule has 110 valence electrons. The van der Waals surface area contributed by atoms with Gasteiger partial charge in [0.05, 0.1) is 6.10 Å². The van der Waals surface area contributed by atoms with Crippen LogP contribution in [0.5, 0.6) is 0 Å². The lowest BCUT2D eigenvalue weighted by molar-refractivity contribution is -0.111. The SMILES string of the molecule is CCOC1CC(NC(=O)c2cc(C)cc(Br)c2)C1(C)C. The topological polar surface area (TPSA) is 38.3 Å². The molecule has 0 radical (unpaired) electrons. The van der Waals surface area contributed by atoms with E-state index in [1.165, 1.54) is 0 Å². The third-order valence-corrected chi connectivity index (χ3v) is 4.61. The number of aryl methyl sites for hydroxylation is 1. The van der Waals surface area contributed by atoms with Gasteiger partial charge in [-0.1, -0.05) is 29.8 Å².